The Labute approximate surface area is 126 Å². The van der Waals surface area contributed by atoms with Crippen LogP contribution in [0.3, 0.4) is 0 Å². The number of aromatic nitrogens is 1. The predicted octanol–water partition coefficient (Wildman–Crippen LogP) is 0.432. The molecule has 0 spiro atoms. The van der Waals surface area contributed by atoms with Gasteiger partial charge in [-0.2, -0.15) is 0 Å². The van der Waals surface area contributed by atoms with Gasteiger partial charge in [0, 0.05) is 57.1 Å². The zero-order chi connectivity index (χ0) is 14.8. The van der Waals surface area contributed by atoms with E-state index >= 15 is 0 Å². The third-order valence-electron chi connectivity index (χ3n) is 4.89. The van der Waals surface area contributed by atoms with Crippen LogP contribution in [0.5, 0.6) is 0 Å². The summed E-state index contributed by atoms with van der Waals surface area (Å²) in [5.41, 5.74) is 8.67. The van der Waals surface area contributed by atoms with Gasteiger partial charge >= 0.3 is 0 Å². The third-order valence-corrected chi connectivity index (χ3v) is 4.89. The van der Waals surface area contributed by atoms with Gasteiger partial charge < -0.3 is 15.2 Å². The Morgan fingerprint density at radius 2 is 1.95 bits per heavy atom. The van der Waals surface area contributed by atoms with Crippen molar-refractivity contribution < 1.29 is 0 Å². The fraction of sp³-hybridized carbons (Fsp3) is 0.688. The molecule has 1 aromatic rings. The van der Waals surface area contributed by atoms with E-state index in [-0.39, 0.29) is 11.6 Å². The van der Waals surface area contributed by atoms with Gasteiger partial charge in [0.15, 0.2) is 0 Å². The molecule has 1 aliphatic heterocycles. The van der Waals surface area contributed by atoms with Crippen LogP contribution in [0.4, 0.5) is 0 Å². The Kier molecular flexibility index (Phi) is 4.42. The summed E-state index contributed by atoms with van der Waals surface area (Å²) in [7, 11) is 2.16. The fourth-order valence-electron chi connectivity index (χ4n) is 3.46. The molecular formula is C16H26N4O. The van der Waals surface area contributed by atoms with Crippen LogP contribution >= 0.6 is 0 Å². The largest absolute Gasteiger partial charge is 0.324 e. The van der Waals surface area contributed by atoms with Gasteiger partial charge in [-0.05, 0) is 31.9 Å². The molecule has 5 heteroatoms. The van der Waals surface area contributed by atoms with E-state index in [0.29, 0.717) is 0 Å². The number of rotatable bonds is 3. The highest BCUT2D eigenvalue weighted by molar-refractivity contribution is 5.27. The van der Waals surface area contributed by atoms with E-state index in [1.165, 1.54) is 11.3 Å². The average molecular weight is 290 g/mol. The fourth-order valence-corrected chi connectivity index (χ4v) is 3.46. The van der Waals surface area contributed by atoms with Crippen molar-refractivity contribution in [3.63, 3.8) is 0 Å². The highest BCUT2D eigenvalue weighted by atomic mass is 16.1. The van der Waals surface area contributed by atoms with Crippen LogP contribution in [0, 0.1) is 0 Å². The summed E-state index contributed by atoms with van der Waals surface area (Å²) in [5, 5.41) is 0. The van der Waals surface area contributed by atoms with Crippen molar-refractivity contribution in [3.8, 4) is 0 Å². The van der Waals surface area contributed by atoms with Gasteiger partial charge in [-0.3, -0.25) is 9.69 Å². The highest BCUT2D eigenvalue weighted by Crippen LogP contribution is 2.26. The molecule has 0 aromatic carbocycles. The second-order valence-electron chi connectivity index (χ2n) is 6.37. The van der Waals surface area contributed by atoms with Crippen LogP contribution in [-0.2, 0) is 13.0 Å². The molecule has 2 heterocycles. The molecule has 116 valence electrons. The first-order valence-corrected chi connectivity index (χ1v) is 8.04. The molecule has 3 rings (SSSR count). The number of piperazine rings is 1. The van der Waals surface area contributed by atoms with Gasteiger partial charge in [-0.15, -0.1) is 0 Å². The maximum atomic E-state index is 12.2. The maximum absolute atomic E-state index is 12.2. The van der Waals surface area contributed by atoms with E-state index in [1.54, 1.807) is 6.07 Å². The minimum Gasteiger partial charge on any atom is -0.324 e. The van der Waals surface area contributed by atoms with Gasteiger partial charge in [0.2, 0.25) is 0 Å². The van der Waals surface area contributed by atoms with Crippen LogP contribution in [0.25, 0.3) is 0 Å². The molecule has 0 bridgehead atoms. The minimum atomic E-state index is 0.101. The van der Waals surface area contributed by atoms with Crippen LogP contribution in [0.15, 0.2) is 16.9 Å². The van der Waals surface area contributed by atoms with Crippen molar-refractivity contribution in [1.82, 2.24) is 14.4 Å². The molecule has 2 N–H and O–H groups in total. The monoisotopic (exact) mass is 290 g/mol. The van der Waals surface area contributed by atoms with Crippen molar-refractivity contribution in [2.45, 2.75) is 31.8 Å². The number of nitrogens with zero attached hydrogens (tertiary/aromatic N) is 3. The van der Waals surface area contributed by atoms with Crippen molar-refractivity contribution in [3.05, 3.63) is 33.7 Å². The maximum Gasteiger partial charge on any atom is 0.250 e. The number of likely N-dealkylation sites (N-methyl/N-ethyl adjacent to an activating group) is 1. The van der Waals surface area contributed by atoms with Gasteiger partial charge in [0.05, 0.1) is 0 Å². The number of fused-ring (bicyclic) bond motifs is 1. The lowest BCUT2D eigenvalue weighted by atomic mass is 9.91. The summed E-state index contributed by atoms with van der Waals surface area (Å²) >= 11 is 0. The molecule has 21 heavy (non-hydrogen) atoms. The summed E-state index contributed by atoms with van der Waals surface area (Å²) in [6.07, 6.45) is 3.11. The summed E-state index contributed by atoms with van der Waals surface area (Å²) in [6.45, 7) is 6.18. The molecule has 0 radical (unpaired) electrons. The normalized spacial score (nSPS) is 24.0. The van der Waals surface area contributed by atoms with E-state index < -0.39 is 0 Å². The summed E-state index contributed by atoms with van der Waals surface area (Å²) in [4.78, 5) is 17.0. The topological polar surface area (TPSA) is 54.5 Å². The van der Waals surface area contributed by atoms with Crippen molar-refractivity contribution in [2.24, 2.45) is 5.73 Å². The van der Waals surface area contributed by atoms with E-state index in [0.717, 1.165) is 58.5 Å². The molecule has 0 amide bonds. The lowest BCUT2D eigenvalue weighted by Gasteiger charge is -2.33. The molecule has 1 atom stereocenters. The second-order valence-corrected chi connectivity index (χ2v) is 6.37. The standard InChI is InChI=1S/C16H26N4O/c1-18-7-9-19(10-8-18)11-12-20-15-4-2-3-14(17)13(15)5-6-16(20)21/h5-6,14H,2-4,7-12,17H2,1H3. The van der Waals surface area contributed by atoms with Gasteiger partial charge in [-0.1, -0.05) is 6.07 Å². The van der Waals surface area contributed by atoms with Gasteiger partial charge in [-0.25, -0.2) is 0 Å². The molecule has 1 aliphatic carbocycles. The molecule has 1 unspecified atom stereocenters. The first kappa shape index (κ1) is 14.8. The predicted molar refractivity (Wildman–Crippen MR) is 84.5 cm³/mol. The summed E-state index contributed by atoms with van der Waals surface area (Å²) in [5.74, 6) is 0. The molecule has 5 nitrogen and oxygen atoms in total. The Morgan fingerprint density at radius 3 is 2.71 bits per heavy atom. The van der Waals surface area contributed by atoms with E-state index in [9.17, 15) is 4.79 Å². The number of hydrogen-bond donors (Lipinski definition) is 1. The second kappa shape index (κ2) is 6.30. The minimum absolute atomic E-state index is 0.101. The van der Waals surface area contributed by atoms with Crippen LogP contribution in [0.1, 0.15) is 30.1 Å². The Morgan fingerprint density at radius 1 is 1.19 bits per heavy atom. The SMILES string of the molecule is CN1CCN(CCn2c3c(ccc2=O)C(N)CCC3)CC1. The quantitative estimate of drug-likeness (QED) is 0.877. The smallest absolute Gasteiger partial charge is 0.250 e. The van der Waals surface area contributed by atoms with Crippen LogP contribution in [-0.4, -0.2) is 54.1 Å². The van der Waals surface area contributed by atoms with E-state index in [1.807, 2.05) is 10.6 Å². The molecule has 2 aliphatic rings. The number of nitrogens with two attached hydrogens (primary N) is 1. The highest BCUT2D eigenvalue weighted by Gasteiger charge is 2.21. The first-order valence-electron chi connectivity index (χ1n) is 8.04. The van der Waals surface area contributed by atoms with Gasteiger partial charge in [0.1, 0.15) is 0 Å². The van der Waals surface area contributed by atoms with Crippen LogP contribution in [0.2, 0.25) is 0 Å². The zero-order valence-electron chi connectivity index (χ0n) is 12.9. The van der Waals surface area contributed by atoms with Crippen molar-refractivity contribution >= 4 is 0 Å². The molecular weight excluding hydrogens is 264 g/mol. The third kappa shape index (κ3) is 3.20. The van der Waals surface area contributed by atoms with Crippen molar-refractivity contribution in [2.75, 3.05) is 39.8 Å². The van der Waals surface area contributed by atoms with Gasteiger partial charge in [0.25, 0.3) is 5.56 Å². The van der Waals surface area contributed by atoms with E-state index in [4.69, 9.17) is 5.73 Å². The Hall–Kier alpha value is -1.17. The lowest BCUT2D eigenvalue weighted by molar-refractivity contribution is 0.149. The first-order chi connectivity index (χ1) is 10.1. The summed E-state index contributed by atoms with van der Waals surface area (Å²) in [6, 6.07) is 3.73. The number of hydrogen-bond acceptors (Lipinski definition) is 4. The number of pyridine rings is 1. The molecule has 1 saturated heterocycles. The Bertz CT molecular complexity index is 546. The molecule has 1 aromatic heterocycles. The van der Waals surface area contributed by atoms with Crippen molar-refractivity contribution in [1.29, 1.82) is 0 Å². The van der Waals surface area contributed by atoms with Crippen LogP contribution < -0.4 is 11.3 Å². The lowest BCUT2D eigenvalue weighted by Crippen LogP contribution is -2.46. The van der Waals surface area contributed by atoms with E-state index in [2.05, 4.69) is 16.8 Å². The molecule has 1 fully saturated rings. The summed E-state index contributed by atoms with van der Waals surface area (Å²) < 4.78 is 1.96. The molecule has 0 saturated carbocycles. The zero-order valence-corrected chi connectivity index (χ0v) is 12.9. The Balaban J connectivity index is 1.73. The average Bonchev–Trinajstić information content (AvgIpc) is 2.48.